The first-order valence-electron chi connectivity index (χ1n) is 8.44. The van der Waals surface area contributed by atoms with Crippen molar-refractivity contribution in [3.05, 3.63) is 92.2 Å². The summed E-state index contributed by atoms with van der Waals surface area (Å²) in [6, 6.07) is 13.9. The molecular formula is C20H15N3O4S. The highest BCUT2D eigenvalue weighted by Gasteiger charge is 2.19. The number of hydrogen-bond donors (Lipinski definition) is 0. The van der Waals surface area contributed by atoms with Crippen LogP contribution in [0.5, 0.6) is 5.75 Å². The minimum absolute atomic E-state index is 0.162. The van der Waals surface area contributed by atoms with Gasteiger partial charge >= 0.3 is 11.7 Å². The zero-order valence-corrected chi connectivity index (χ0v) is 15.7. The van der Waals surface area contributed by atoms with Gasteiger partial charge in [0.2, 0.25) is 0 Å². The maximum absolute atomic E-state index is 12.9. The van der Waals surface area contributed by atoms with Gasteiger partial charge in [-0.1, -0.05) is 30.3 Å². The van der Waals surface area contributed by atoms with E-state index < -0.39 is 17.2 Å². The standard InChI is InChI=1S/C20H15N3O4S/c1-22-18-15(11-16(28-18)19(25)27-14-7-9-21-10-8-14)17(24)23(20(22)26)12-13-5-3-2-4-6-13/h2-11H,12H2,1H3. The number of fused-ring (bicyclic) bond motifs is 1. The summed E-state index contributed by atoms with van der Waals surface area (Å²) in [5.74, 6) is -0.235. The first kappa shape index (κ1) is 17.9. The van der Waals surface area contributed by atoms with Gasteiger partial charge in [0.25, 0.3) is 5.56 Å². The van der Waals surface area contributed by atoms with E-state index in [0.29, 0.717) is 16.0 Å². The number of thiophene rings is 1. The number of ether oxygens (including phenoxy) is 1. The molecule has 0 saturated carbocycles. The molecule has 0 N–H and O–H groups in total. The fraction of sp³-hybridized carbons (Fsp3) is 0.100. The molecule has 0 unspecified atom stereocenters. The fourth-order valence-corrected chi connectivity index (χ4v) is 3.83. The molecular weight excluding hydrogens is 378 g/mol. The molecule has 1 aromatic carbocycles. The number of carbonyl (C=O) groups is 1. The second kappa shape index (κ2) is 7.24. The lowest BCUT2D eigenvalue weighted by atomic mass is 10.2. The van der Waals surface area contributed by atoms with Crippen LogP contribution >= 0.6 is 11.3 Å². The molecule has 8 heteroatoms. The second-order valence-electron chi connectivity index (χ2n) is 6.12. The number of carbonyl (C=O) groups excluding carboxylic acids is 1. The van der Waals surface area contributed by atoms with E-state index in [2.05, 4.69) is 4.98 Å². The molecule has 28 heavy (non-hydrogen) atoms. The molecule has 4 aromatic rings. The van der Waals surface area contributed by atoms with Crippen LogP contribution in [0.4, 0.5) is 0 Å². The Labute approximate surface area is 163 Å². The van der Waals surface area contributed by atoms with E-state index in [4.69, 9.17) is 4.74 Å². The number of aromatic nitrogens is 3. The van der Waals surface area contributed by atoms with Crippen LogP contribution in [0, 0.1) is 0 Å². The third-order valence-corrected chi connectivity index (χ3v) is 5.45. The smallest absolute Gasteiger partial charge is 0.353 e. The molecule has 3 aromatic heterocycles. The first-order valence-corrected chi connectivity index (χ1v) is 9.26. The molecule has 0 bridgehead atoms. The van der Waals surface area contributed by atoms with Crippen molar-refractivity contribution in [3.8, 4) is 5.75 Å². The van der Waals surface area contributed by atoms with Gasteiger partial charge in [-0.15, -0.1) is 11.3 Å². The molecule has 0 atom stereocenters. The fourth-order valence-electron chi connectivity index (χ4n) is 2.85. The van der Waals surface area contributed by atoms with E-state index in [1.807, 2.05) is 30.3 Å². The highest BCUT2D eigenvalue weighted by Crippen LogP contribution is 2.23. The lowest BCUT2D eigenvalue weighted by Crippen LogP contribution is -2.38. The Morgan fingerprint density at radius 1 is 1.11 bits per heavy atom. The quantitative estimate of drug-likeness (QED) is 0.497. The summed E-state index contributed by atoms with van der Waals surface area (Å²) >= 11 is 1.05. The summed E-state index contributed by atoms with van der Waals surface area (Å²) in [5.41, 5.74) is -0.0213. The topological polar surface area (TPSA) is 83.2 Å². The number of esters is 1. The molecule has 0 amide bonds. The summed E-state index contributed by atoms with van der Waals surface area (Å²) in [4.78, 5) is 42.6. The Kier molecular flexibility index (Phi) is 4.62. The van der Waals surface area contributed by atoms with E-state index in [1.165, 1.54) is 27.6 Å². The van der Waals surface area contributed by atoms with Crippen molar-refractivity contribution in [2.45, 2.75) is 6.54 Å². The SMILES string of the molecule is Cn1c(=O)n(Cc2ccccc2)c(=O)c2cc(C(=O)Oc3ccncc3)sc21. The van der Waals surface area contributed by atoms with Crippen molar-refractivity contribution < 1.29 is 9.53 Å². The number of hydrogen-bond acceptors (Lipinski definition) is 6. The molecule has 0 aliphatic rings. The monoisotopic (exact) mass is 393 g/mol. The molecule has 0 aliphatic heterocycles. The molecule has 0 radical (unpaired) electrons. The van der Waals surface area contributed by atoms with Crippen molar-refractivity contribution in [3.63, 3.8) is 0 Å². The van der Waals surface area contributed by atoms with Gasteiger partial charge in [-0.2, -0.15) is 0 Å². The molecule has 0 saturated heterocycles. The maximum Gasteiger partial charge on any atom is 0.353 e. The maximum atomic E-state index is 12.9. The van der Waals surface area contributed by atoms with Gasteiger partial charge in [-0.3, -0.25) is 18.9 Å². The summed E-state index contributed by atoms with van der Waals surface area (Å²) in [6.45, 7) is 0.162. The van der Waals surface area contributed by atoms with E-state index in [-0.39, 0.29) is 11.4 Å². The van der Waals surface area contributed by atoms with Crippen molar-refractivity contribution in [1.29, 1.82) is 0 Å². The third kappa shape index (κ3) is 3.25. The van der Waals surface area contributed by atoms with Gasteiger partial charge in [-0.05, 0) is 23.8 Å². The summed E-state index contributed by atoms with van der Waals surface area (Å²) in [5, 5.41) is 0.310. The lowest BCUT2D eigenvalue weighted by molar-refractivity contribution is 0.0740. The zero-order valence-electron chi connectivity index (χ0n) is 14.9. The van der Waals surface area contributed by atoms with Gasteiger partial charge < -0.3 is 4.74 Å². The van der Waals surface area contributed by atoms with Gasteiger partial charge in [0.15, 0.2) is 0 Å². The van der Waals surface area contributed by atoms with Crippen LogP contribution in [-0.2, 0) is 13.6 Å². The van der Waals surface area contributed by atoms with Gasteiger partial charge in [0.1, 0.15) is 15.5 Å². The zero-order chi connectivity index (χ0) is 19.7. The Balaban J connectivity index is 1.76. The summed E-state index contributed by atoms with van der Waals surface area (Å²) in [7, 11) is 1.58. The van der Waals surface area contributed by atoms with E-state index in [9.17, 15) is 14.4 Å². The average molecular weight is 393 g/mol. The summed E-state index contributed by atoms with van der Waals surface area (Å²) < 4.78 is 7.85. The Morgan fingerprint density at radius 2 is 1.82 bits per heavy atom. The predicted molar refractivity (Wildman–Crippen MR) is 106 cm³/mol. The minimum Gasteiger partial charge on any atom is -0.422 e. The number of pyridine rings is 1. The van der Waals surface area contributed by atoms with Crippen molar-refractivity contribution >= 4 is 27.5 Å². The van der Waals surface area contributed by atoms with E-state index >= 15 is 0 Å². The highest BCUT2D eigenvalue weighted by atomic mass is 32.1. The Hall–Kier alpha value is -3.52. The van der Waals surface area contributed by atoms with E-state index in [1.54, 1.807) is 19.2 Å². The van der Waals surface area contributed by atoms with Crippen molar-refractivity contribution in [1.82, 2.24) is 14.1 Å². The average Bonchev–Trinajstić information content (AvgIpc) is 3.17. The first-order chi connectivity index (χ1) is 13.5. The van der Waals surface area contributed by atoms with Crippen LogP contribution in [0.3, 0.4) is 0 Å². The highest BCUT2D eigenvalue weighted by molar-refractivity contribution is 7.20. The number of rotatable bonds is 4. The van der Waals surface area contributed by atoms with Crippen LogP contribution < -0.4 is 16.0 Å². The van der Waals surface area contributed by atoms with Crippen molar-refractivity contribution in [2.75, 3.05) is 0 Å². The molecule has 4 rings (SSSR count). The van der Waals surface area contributed by atoms with Gasteiger partial charge in [0.05, 0.1) is 11.9 Å². The molecule has 3 heterocycles. The van der Waals surface area contributed by atoms with Crippen LogP contribution in [0.15, 0.2) is 70.5 Å². The summed E-state index contributed by atoms with van der Waals surface area (Å²) in [6.07, 6.45) is 3.03. The van der Waals surface area contributed by atoms with Gasteiger partial charge in [0, 0.05) is 19.4 Å². The lowest BCUT2D eigenvalue weighted by Gasteiger charge is -2.08. The predicted octanol–water partition coefficient (Wildman–Crippen LogP) is 2.42. The molecule has 140 valence electrons. The number of benzene rings is 1. The minimum atomic E-state index is -0.589. The third-order valence-electron chi connectivity index (χ3n) is 4.26. The van der Waals surface area contributed by atoms with Crippen LogP contribution in [0.2, 0.25) is 0 Å². The van der Waals surface area contributed by atoms with Crippen LogP contribution in [0.1, 0.15) is 15.2 Å². The molecule has 0 aliphatic carbocycles. The molecule has 0 spiro atoms. The second-order valence-corrected chi connectivity index (χ2v) is 7.15. The Morgan fingerprint density at radius 3 is 2.54 bits per heavy atom. The Bertz CT molecular complexity index is 1270. The number of nitrogens with zero attached hydrogens (tertiary/aromatic N) is 3. The van der Waals surface area contributed by atoms with Crippen molar-refractivity contribution in [2.24, 2.45) is 7.05 Å². The molecule has 0 fully saturated rings. The molecule has 7 nitrogen and oxygen atoms in total. The van der Waals surface area contributed by atoms with Crippen LogP contribution in [-0.4, -0.2) is 20.1 Å². The van der Waals surface area contributed by atoms with Crippen LogP contribution in [0.25, 0.3) is 10.2 Å². The van der Waals surface area contributed by atoms with E-state index in [0.717, 1.165) is 16.9 Å². The normalized spacial score (nSPS) is 10.9. The van der Waals surface area contributed by atoms with Gasteiger partial charge in [-0.25, -0.2) is 9.59 Å². The largest absolute Gasteiger partial charge is 0.422 e. The number of aryl methyl sites for hydroxylation is 1.